The predicted octanol–water partition coefficient (Wildman–Crippen LogP) is 3.39. The topological polar surface area (TPSA) is 42.1 Å². The van der Waals surface area contributed by atoms with Crippen LogP contribution in [0.5, 0.6) is 0 Å². The van der Waals surface area contributed by atoms with Crippen LogP contribution in [0, 0.1) is 6.92 Å². The Kier molecular flexibility index (Phi) is 4.05. The number of nitrogen functional groups attached to an aromatic ring is 1. The first-order valence-corrected chi connectivity index (χ1v) is 6.60. The van der Waals surface area contributed by atoms with E-state index in [0.717, 1.165) is 17.9 Å². The van der Waals surface area contributed by atoms with Crippen LogP contribution >= 0.6 is 0 Å². The average molecular weight is 255 g/mol. The number of aromatic nitrogens is 1. The van der Waals surface area contributed by atoms with Crippen molar-refractivity contribution in [3.63, 3.8) is 0 Å². The number of hydrogen-bond acceptors (Lipinski definition) is 3. The second kappa shape index (κ2) is 5.74. The summed E-state index contributed by atoms with van der Waals surface area (Å²) in [5.41, 5.74) is 10.0. The summed E-state index contributed by atoms with van der Waals surface area (Å²) in [7, 11) is 0. The highest BCUT2D eigenvalue weighted by atomic mass is 15.1. The summed E-state index contributed by atoms with van der Waals surface area (Å²) in [4.78, 5) is 6.62. The van der Waals surface area contributed by atoms with Crippen molar-refractivity contribution in [3.8, 4) is 0 Å². The van der Waals surface area contributed by atoms with Gasteiger partial charge in [-0.05, 0) is 50.6 Å². The number of hydrogen-bond donors (Lipinski definition) is 1. The van der Waals surface area contributed by atoms with Crippen molar-refractivity contribution < 1.29 is 0 Å². The van der Waals surface area contributed by atoms with Crippen LogP contribution in [0.2, 0.25) is 0 Å². The SMILES string of the molecule is Cc1cc(N(Cc2ccc(N)cc2)C(C)C)ccn1. The molecule has 2 aromatic rings. The molecule has 0 saturated heterocycles. The van der Waals surface area contributed by atoms with Crippen LogP contribution in [0.15, 0.2) is 42.6 Å². The molecule has 0 amide bonds. The Hall–Kier alpha value is -2.03. The normalized spacial score (nSPS) is 10.7. The summed E-state index contributed by atoms with van der Waals surface area (Å²) >= 11 is 0. The zero-order valence-corrected chi connectivity index (χ0v) is 11.8. The Labute approximate surface area is 115 Å². The molecule has 3 heteroatoms. The molecule has 0 bridgehead atoms. The van der Waals surface area contributed by atoms with Crippen molar-refractivity contribution in [2.45, 2.75) is 33.4 Å². The molecule has 0 radical (unpaired) electrons. The molecular weight excluding hydrogens is 234 g/mol. The Morgan fingerprint density at radius 1 is 1.16 bits per heavy atom. The van der Waals surface area contributed by atoms with Crippen molar-refractivity contribution in [2.75, 3.05) is 10.6 Å². The van der Waals surface area contributed by atoms with E-state index in [9.17, 15) is 0 Å². The van der Waals surface area contributed by atoms with Crippen LogP contribution in [0.4, 0.5) is 11.4 Å². The van der Waals surface area contributed by atoms with Gasteiger partial charge in [0.05, 0.1) is 0 Å². The fourth-order valence-electron chi connectivity index (χ4n) is 2.10. The number of rotatable bonds is 4. The van der Waals surface area contributed by atoms with E-state index in [1.807, 2.05) is 25.3 Å². The number of nitrogens with zero attached hydrogens (tertiary/aromatic N) is 2. The minimum atomic E-state index is 0.430. The zero-order chi connectivity index (χ0) is 13.8. The van der Waals surface area contributed by atoms with Crippen LogP contribution in [-0.4, -0.2) is 11.0 Å². The Morgan fingerprint density at radius 3 is 2.42 bits per heavy atom. The lowest BCUT2D eigenvalue weighted by Gasteiger charge is -2.29. The minimum absolute atomic E-state index is 0.430. The molecule has 1 aromatic carbocycles. The zero-order valence-electron chi connectivity index (χ0n) is 11.8. The fourth-order valence-corrected chi connectivity index (χ4v) is 2.10. The van der Waals surface area contributed by atoms with Crippen molar-refractivity contribution in [2.24, 2.45) is 0 Å². The van der Waals surface area contributed by atoms with Crippen molar-refractivity contribution in [3.05, 3.63) is 53.9 Å². The molecule has 1 aromatic heterocycles. The van der Waals surface area contributed by atoms with Gasteiger partial charge in [0.15, 0.2) is 0 Å². The summed E-state index contributed by atoms with van der Waals surface area (Å²) in [6.45, 7) is 7.30. The molecule has 0 aliphatic rings. The molecule has 1 heterocycles. The molecule has 0 fully saturated rings. The highest BCUT2D eigenvalue weighted by Crippen LogP contribution is 2.20. The molecule has 0 atom stereocenters. The van der Waals surface area contributed by atoms with Gasteiger partial charge in [0.1, 0.15) is 0 Å². The minimum Gasteiger partial charge on any atom is -0.399 e. The first kappa shape index (κ1) is 13.4. The molecule has 0 unspecified atom stereocenters. The Morgan fingerprint density at radius 2 is 1.84 bits per heavy atom. The van der Waals surface area contributed by atoms with Crippen LogP contribution < -0.4 is 10.6 Å². The fraction of sp³-hybridized carbons (Fsp3) is 0.312. The van der Waals surface area contributed by atoms with Gasteiger partial charge in [-0.3, -0.25) is 4.98 Å². The van der Waals surface area contributed by atoms with Crippen LogP contribution in [0.25, 0.3) is 0 Å². The monoisotopic (exact) mass is 255 g/mol. The standard InChI is InChI=1S/C16H21N3/c1-12(2)19(16-8-9-18-13(3)10-16)11-14-4-6-15(17)7-5-14/h4-10,12H,11,17H2,1-3H3. The van der Waals surface area contributed by atoms with Crippen LogP contribution in [0.3, 0.4) is 0 Å². The molecule has 19 heavy (non-hydrogen) atoms. The molecule has 2 N–H and O–H groups in total. The van der Waals surface area contributed by atoms with Gasteiger partial charge < -0.3 is 10.6 Å². The number of pyridine rings is 1. The predicted molar refractivity (Wildman–Crippen MR) is 81.1 cm³/mol. The lowest BCUT2D eigenvalue weighted by Crippen LogP contribution is -2.30. The Bertz CT molecular complexity index is 532. The highest BCUT2D eigenvalue weighted by molar-refractivity contribution is 5.48. The first-order chi connectivity index (χ1) is 9.06. The van der Waals surface area contributed by atoms with E-state index in [2.05, 4.69) is 48.0 Å². The second-order valence-corrected chi connectivity index (χ2v) is 5.12. The van der Waals surface area contributed by atoms with E-state index in [-0.39, 0.29) is 0 Å². The molecule has 0 aliphatic carbocycles. The molecular formula is C16H21N3. The van der Waals surface area contributed by atoms with Gasteiger partial charge in [0.2, 0.25) is 0 Å². The van der Waals surface area contributed by atoms with E-state index in [1.54, 1.807) is 0 Å². The molecule has 0 aliphatic heterocycles. The third kappa shape index (κ3) is 3.47. The number of benzene rings is 1. The molecule has 0 spiro atoms. The maximum atomic E-state index is 5.73. The van der Waals surface area contributed by atoms with Crippen molar-refractivity contribution in [1.82, 2.24) is 4.98 Å². The lowest BCUT2D eigenvalue weighted by atomic mass is 10.1. The lowest BCUT2D eigenvalue weighted by molar-refractivity contribution is 0.681. The summed E-state index contributed by atoms with van der Waals surface area (Å²) in [5, 5.41) is 0. The van der Waals surface area contributed by atoms with Gasteiger partial charge in [-0.2, -0.15) is 0 Å². The maximum Gasteiger partial charge on any atom is 0.0432 e. The van der Waals surface area contributed by atoms with Gasteiger partial charge in [-0.1, -0.05) is 12.1 Å². The van der Waals surface area contributed by atoms with Gasteiger partial charge in [0.25, 0.3) is 0 Å². The summed E-state index contributed by atoms with van der Waals surface area (Å²) in [6.07, 6.45) is 1.86. The molecule has 100 valence electrons. The van der Waals surface area contributed by atoms with E-state index < -0.39 is 0 Å². The van der Waals surface area contributed by atoms with Crippen molar-refractivity contribution >= 4 is 11.4 Å². The van der Waals surface area contributed by atoms with Gasteiger partial charge in [0, 0.05) is 35.9 Å². The van der Waals surface area contributed by atoms with E-state index in [0.29, 0.717) is 6.04 Å². The molecule has 2 rings (SSSR count). The maximum absolute atomic E-state index is 5.73. The highest BCUT2D eigenvalue weighted by Gasteiger charge is 2.11. The van der Waals surface area contributed by atoms with E-state index >= 15 is 0 Å². The molecule has 0 saturated carbocycles. The first-order valence-electron chi connectivity index (χ1n) is 6.60. The third-order valence-corrected chi connectivity index (χ3v) is 3.17. The third-order valence-electron chi connectivity index (χ3n) is 3.17. The van der Waals surface area contributed by atoms with Gasteiger partial charge >= 0.3 is 0 Å². The number of nitrogens with two attached hydrogens (primary N) is 1. The van der Waals surface area contributed by atoms with Gasteiger partial charge in [-0.25, -0.2) is 0 Å². The van der Waals surface area contributed by atoms with Gasteiger partial charge in [-0.15, -0.1) is 0 Å². The second-order valence-electron chi connectivity index (χ2n) is 5.12. The van der Waals surface area contributed by atoms with E-state index in [1.165, 1.54) is 11.3 Å². The van der Waals surface area contributed by atoms with E-state index in [4.69, 9.17) is 5.73 Å². The smallest absolute Gasteiger partial charge is 0.0432 e. The number of anilines is 2. The number of aryl methyl sites for hydroxylation is 1. The average Bonchev–Trinajstić information content (AvgIpc) is 2.37. The quantitative estimate of drug-likeness (QED) is 0.851. The van der Waals surface area contributed by atoms with Crippen LogP contribution in [-0.2, 0) is 6.54 Å². The largest absolute Gasteiger partial charge is 0.399 e. The van der Waals surface area contributed by atoms with Crippen molar-refractivity contribution in [1.29, 1.82) is 0 Å². The summed E-state index contributed by atoms with van der Waals surface area (Å²) in [6, 6.07) is 12.7. The van der Waals surface area contributed by atoms with Crippen LogP contribution in [0.1, 0.15) is 25.1 Å². The Balaban J connectivity index is 2.23. The summed E-state index contributed by atoms with van der Waals surface area (Å²) < 4.78 is 0. The summed E-state index contributed by atoms with van der Waals surface area (Å²) in [5.74, 6) is 0. The molecule has 3 nitrogen and oxygen atoms in total.